The van der Waals surface area contributed by atoms with Crippen LogP contribution in [0.5, 0.6) is 0 Å². The van der Waals surface area contributed by atoms with Crippen LogP contribution in [0.25, 0.3) is 6.08 Å². The van der Waals surface area contributed by atoms with E-state index in [0.29, 0.717) is 0 Å². The van der Waals surface area contributed by atoms with Crippen molar-refractivity contribution in [1.29, 1.82) is 0 Å². The van der Waals surface area contributed by atoms with Crippen molar-refractivity contribution in [2.45, 2.75) is 20.3 Å². The van der Waals surface area contributed by atoms with Crippen molar-refractivity contribution >= 4 is 29.3 Å². The van der Waals surface area contributed by atoms with E-state index in [9.17, 15) is 9.59 Å². The summed E-state index contributed by atoms with van der Waals surface area (Å²) in [7, 11) is 0. The van der Waals surface area contributed by atoms with Crippen molar-refractivity contribution in [2.75, 3.05) is 0 Å². The van der Waals surface area contributed by atoms with Crippen LogP contribution in [0, 0.1) is 0 Å². The highest BCUT2D eigenvalue weighted by Gasteiger charge is 2.09. The first-order valence-corrected chi connectivity index (χ1v) is 5.66. The van der Waals surface area contributed by atoms with Crippen molar-refractivity contribution in [3.8, 4) is 0 Å². The van der Waals surface area contributed by atoms with Crippen LogP contribution in [0.1, 0.15) is 23.6 Å². The normalized spacial score (nSPS) is 11.2. The van der Waals surface area contributed by atoms with Crippen molar-refractivity contribution < 1.29 is 14.7 Å². The molecule has 1 aromatic rings. The Balaban J connectivity index is 2.92. The van der Waals surface area contributed by atoms with Crippen LogP contribution in [-0.2, 0) is 16.0 Å². The second-order valence-electron chi connectivity index (χ2n) is 3.20. The van der Waals surface area contributed by atoms with E-state index >= 15 is 0 Å². The predicted molar refractivity (Wildman–Crippen MR) is 63.1 cm³/mol. The monoisotopic (exact) mass is 239 g/mol. The molecule has 0 bridgehead atoms. The van der Waals surface area contributed by atoms with Crippen molar-refractivity contribution in [1.82, 2.24) is 5.32 Å². The van der Waals surface area contributed by atoms with Crippen molar-refractivity contribution in [2.24, 2.45) is 0 Å². The molecule has 0 unspecified atom stereocenters. The zero-order valence-electron chi connectivity index (χ0n) is 9.11. The summed E-state index contributed by atoms with van der Waals surface area (Å²) in [5.41, 5.74) is -0.1000. The summed E-state index contributed by atoms with van der Waals surface area (Å²) in [5, 5.41) is 11.2. The molecule has 86 valence electrons. The summed E-state index contributed by atoms with van der Waals surface area (Å²) in [6.07, 6.45) is 2.38. The smallest absolute Gasteiger partial charge is 0.352 e. The van der Waals surface area contributed by atoms with Gasteiger partial charge in [-0.2, -0.15) is 0 Å². The number of hydrogen-bond acceptors (Lipinski definition) is 3. The van der Waals surface area contributed by atoms with Crippen molar-refractivity contribution in [3.63, 3.8) is 0 Å². The van der Waals surface area contributed by atoms with E-state index in [4.69, 9.17) is 5.11 Å². The molecule has 0 aliphatic rings. The molecule has 2 N–H and O–H groups in total. The van der Waals surface area contributed by atoms with Gasteiger partial charge in [-0.25, -0.2) is 4.79 Å². The van der Waals surface area contributed by atoms with Gasteiger partial charge in [0.15, 0.2) is 0 Å². The third-order valence-corrected chi connectivity index (χ3v) is 3.04. The van der Waals surface area contributed by atoms with Crippen LogP contribution in [0.3, 0.4) is 0 Å². The lowest BCUT2D eigenvalue weighted by atomic mass is 10.3. The first-order chi connectivity index (χ1) is 7.52. The van der Waals surface area contributed by atoms with Crippen molar-refractivity contribution in [3.05, 3.63) is 27.6 Å². The molecule has 0 fully saturated rings. The lowest BCUT2D eigenvalue weighted by Crippen LogP contribution is -2.24. The maximum atomic E-state index is 10.8. The lowest BCUT2D eigenvalue weighted by Gasteiger charge is -2.01. The molecule has 1 rings (SSSR count). The van der Waals surface area contributed by atoms with Gasteiger partial charge in [-0.05, 0) is 24.6 Å². The number of nitrogens with one attached hydrogen (secondary N) is 1. The highest BCUT2D eigenvalue weighted by atomic mass is 32.1. The van der Waals surface area contributed by atoms with Gasteiger partial charge in [-0.3, -0.25) is 4.79 Å². The number of carboxylic acids is 1. The number of aryl methyl sites for hydroxylation is 1. The molecule has 5 heteroatoms. The summed E-state index contributed by atoms with van der Waals surface area (Å²) in [4.78, 5) is 23.6. The second kappa shape index (κ2) is 5.46. The van der Waals surface area contributed by atoms with E-state index in [1.165, 1.54) is 29.2 Å². The number of amides is 1. The lowest BCUT2D eigenvalue weighted by molar-refractivity contribution is -0.134. The molecule has 0 aromatic carbocycles. The molecule has 0 spiro atoms. The van der Waals surface area contributed by atoms with Gasteiger partial charge in [0.05, 0.1) is 0 Å². The molecule has 0 aliphatic heterocycles. The Hall–Kier alpha value is -1.62. The van der Waals surface area contributed by atoms with Crippen LogP contribution in [-0.4, -0.2) is 17.0 Å². The largest absolute Gasteiger partial charge is 0.477 e. The molecule has 4 nitrogen and oxygen atoms in total. The zero-order chi connectivity index (χ0) is 12.1. The van der Waals surface area contributed by atoms with Crippen LogP contribution >= 0.6 is 11.3 Å². The molecule has 0 aliphatic carbocycles. The number of aliphatic carboxylic acids is 1. The molecule has 0 radical (unpaired) electrons. The zero-order valence-corrected chi connectivity index (χ0v) is 9.93. The molecular weight excluding hydrogens is 226 g/mol. The molecule has 1 heterocycles. The minimum Gasteiger partial charge on any atom is -0.477 e. The number of hydrogen-bond donors (Lipinski definition) is 2. The SMILES string of the molecule is CCc1ccc(/C=C(/NC(C)=O)C(=O)O)s1. The number of thiophene rings is 1. The van der Waals surface area contributed by atoms with Crippen LogP contribution < -0.4 is 5.32 Å². The second-order valence-corrected chi connectivity index (χ2v) is 4.40. The number of rotatable bonds is 4. The Kier molecular flexibility index (Phi) is 4.25. The van der Waals surface area contributed by atoms with Gasteiger partial charge < -0.3 is 10.4 Å². The number of carbonyl (C=O) groups excluding carboxylic acids is 1. The fourth-order valence-electron chi connectivity index (χ4n) is 1.15. The van der Waals surface area contributed by atoms with Gasteiger partial charge in [0.1, 0.15) is 5.70 Å². The minimum absolute atomic E-state index is 0.1000. The van der Waals surface area contributed by atoms with Gasteiger partial charge >= 0.3 is 5.97 Å². The standard InChI is InChI=1S/C11H13NO3S/c1-3-8-4-5-9(16-8)6-10(11(14)15)12-7(2)13/h4-6H,3H2,1-2H3,(H,12,13)(H,14,15)/b10-6+. The molecule has 16 heavy (non-hydrogen) atoms. The van der Waals surface area contributed by atoms with Gasteiger partial charge in [0.25, 0.3) is 0 Å². The number of carboxylic acid groups (broad SMARTS) is 1. The Morgan fingerprint density at radius 2 is 2.19 bits per heavy atom. The third kappa shape index (κ3) is 3.51. The highest BCUT2D eigenvalue weighted by molar-refractivity contribution is 7.12. The molecule has 0 saturated heterocycles. The average molecular weight is 239 g/mol. The molecule has 0 atom stereocenters. The van der Waals surface area contributed by atoms with E-state index in [1.807, 2.05) is 19.1 Å². The molecule has 1 amide bonds. The molecular formula is C11H13NO3S. The van der Waals surface area contributed by atoms with Gasteiger partial charge in [0.2, 0.25) is 5.91 Å². The molecule has 0 saturated carbocycles. The highest BCUT2D eigenvalue weighted by Crippen LogP contribution is 2.19. The third-order valence-electron chi connectivity index (χ3n) is 1.86. The minimum atomic E-state index is -1.14. The van der Waals surface area contributed by atoms with E-state index in [0.717, 1.165) is 11.3 Å². The Labute approximate surface area is 97.6 Å². The Morgan fingerprint density at radius 3 is 2.62 bits per heavy atom. The summed E-state index contributed by atoms with van der Waals surface area (Å²) in [5.74, 6) is -1.53. The maximum Gasteiger partial charge on any atom is 0.352 e. The fraction of sp³-hybridized carbons (Fsp3) is 0.273. The predicted octanol–water partition coefficient (Wildman–Crippen LogP) is 1.87. The Morgan fingerprint density at radius 1 is 1.50 bits per heavy atom. The Bertz CT molecular complexity index is 434. The van der Waals surface area contributed by atoms with E-state index in [-0.39, 0.29) is 11.6 Å². The fourth-order valence-corrected chi connectivity index (χ4v) is 2.04. The van der Waals surface area contributed by atoms with E-state index < -0.39 is 5.97 Å². The van der Waals surface area contributed by atoms with E-state index in [1.54, 1.807) is 0 Å². The molecule has 1 aromatic heterocycles. The van der Waals surface area contributed by atoms with Gasteiger partial charge in [-0.1, -0.05) is 6.92 Å². The first-order valence-electron chi connectivity index (χ1n) is 4.84. The topological polar surface area (TPSA) is 66.4 Å². The summed E-state index contributed by atoms with van der Waals surface area (Å²) in [6.45, 7) is 3.31. The number of carbonyl (C=O) groups is 2. The van der Waals surface area contributed by atoms with Crippen LogP contribution in [0.2, 0.25) is 0 Å². The quantitative estimate of drug-likeness (QED) is 0.788. The van der Waals surface area contributed by atoms with Gasteiger partial charge in [0, 0.05) is 16.7 Å². The van der Waals surface area contributed by atoms with Gasteiger partial charge in [-0.15, -0.1) is 11.3 Å². The van der Waals surface area contributed by atoms with Crippen LogP contribution in [0.4, 0.5) is 0 Å². The summed E-state index contributed by atoms with van der Waals surface area (Å²) in [6, 6.07) is 3.79. The first kappa shape index (κ1) is 12.4. The maximum absolute atomic E-state index is 10.8. The van der Waals surface area contributed by atoms with Crippen LogP contribution in [0.15, 0.2) is 17.8 Å². The summed E-state index contributed by atoms with van der Waals surface area (Å²) >= 11 is 1.51. The summed E-state index contributed by atoms with van der Waals surface area (Å²) < 4.78 is 0. The van der Waals surface area contributed by atoms with E-state index in [2.05, 4.69) is 5.32 Å². The average Bonchev–Trinajstić information content (AvgIpc) is 2.63.